The number of rotatable bonds is 5. The SMILES string of the molecule is O=C(c1ccccc1)C1CCN(C(=O)NCCc2cccs2)CC1. The van der Waals surface area contributed by atoms with Crippen LogP contribution in [0.2, 0.25) is 0 Å². The molecule has 1 N–H and O–H groups in total. The Kier molecular flexibility index (Phi) is 5.64. The van der Waals surface area contributed by atoms with Gasteiger partial charge in [0.15, 0.2) is 5.78 Å². The van der Waals surface area contributed by atoms with Crippen LogP contribution >= 0.6 is 11.3 Å². The van der Waals surface area contributed by atoms with E-state index in [0.717, 1.165) is 24.8 Å². The van der Waals surface area contributed by atoms with E-state index < -0.39 is 0 Å². The molecule has 0 aliphatic carbocycles. The van der Waals surface area contributed by atoms with Crippen molar-refractivity contribution in [2.24, 2.45) is 5.92 Å². The molecule has 0 saturated carbocycles. The van der Waals surface area contributed by atoms with E-state index in [9.17, 15) is 9.59 Å². The minimum atomic E-state index is -0.0165. The van der Waals surface area contributed by atoms with Crippen LogP contribution in [-0.2, 0) is 6.42 Å². The van der Waals surface area contributed by atoms with Gasteiger partial charge in [-0.2, -0.15) is 0 Å². The molecule has 1 fully saturated rings. The number of Topliss-reactive ketones (excluding diaryl/α,β-unsaturated/α-hetero) is 1. The first-order valence-electron chi connectivity index (χ1n) is 8.38. The quantitative estimate of drug-likeness (QED) is 0.844. The molecule has 0 atom stereocenters. The lowest BCUT2D eigenvalue weighted by atomic mass is 9.89. The molecule has 3 rings (SSSR count). The van der Waals surface area contributed by atoms with Gasteiger partial charge in [-0.1, -0.05) is 36.4 Å². The molecule has 0 spiro atoms. The lowest BCUT2D eigenvalue weighted by molar-refractivity contribution is 0.0854. The maximum absolute atomic E-state index is 12.5. The van der Waals surface area contributed by atoms with Gasteiger partial charge in [-0.3, -0.25) is 4.79 Å². The fraction of sp³-hybridized carbons (Fsp3) is 0.368. The summed E-state index contributed by atoms with van der Waals surface area (Å²) in [5.41, 5.74) is 0.774. The maximum atomic E-state index is 12.5. The number of carbonyl (C=O) groups is 2. The molecule has 0 unspecified atom stereocenters. The molecule has 1 aliphatic rings. The van der Waals surface area contributed by atoms with Crippen LogP contribution in [-0.4, -0.2) is 36.3 Å². The number of thiophene rings is 1. The second-order valence-electron chi connectivity index (χ2n) is 6.05. The highest BCUT2D eigenvalue weighted by molar-refractivity contribution is 7.09. The topological polar surface area (TPSA) is 49.4 Å². The summed E-state index contributed by atoms with van der Waals surface area (Å²) in [4.78, 5) is 27.8. The van der Waals surface area contributed by atoms with Crippen LogP contribution in [0.25, 0.3) is 0 Å². The average Bonchev–Trinajstić information content (AvgIpc) is 3.15. The fourth-order valence-electron chi connectivity index (χ4n) is 3.04. The first-order chi connectivity index (χ1) is 11.7. The Morgan fingerprint density at radius 3 is 2.50 bits per heavy atom. The molecule has 1 saturated heterocycles. The lowest BCUT2D eigenvalue weighted by Crippen LogP contribution is -2.45. The highest BCUT2D eigenvalue weighted by Crippen LogP contribution is 2.21. The van der Waals surface area contributed by atoms with Crippen molar-refractivity contribution in [2.45, 2.75) is 19.3 Å². The molecule has 1 aliphatic heterocycles. The number of carbonyl (C=O) groups excluding carboxylic acids is 2. The number of amides is 2. The second-order valence-corrected chi connectivity index (χ2v) is 7.09. The molecule has 2 aromatic rings. The van der Waals surface area contributed by atoms with E-state index in [4.69, 9.17) is 0 Å². The van der Waals surface area contributed by atoms with E-state index in [1.165, 1.54) is 4.88 Å². The minimum absolute atomic E-state index is 0.0165. The highest BCUT2D eigenvalue weighted by atomic mass is 32.1. The molecular weight excluding hydrogens is 320 g/mol. The molecule has 1 aromatic carbocycles. The number of likely N-dealkylation sites (tertiary alicyclic amines) is 1. The third-order valence-electron chi connectivity index (χ3n) is 4.44. The molecule has 2 heterocycles. The normalized spacial score (nSPS) is 15.2. The van der Waals surface area contributed by atoms with Crippen molar-refractivity contribution in [1.29, 1.82) is 0 Å². The Balaban J connectivity index is 1.43. The predicted octanol–water partition coefficient (Wildman–Crippen LogP) is 3.60. The molecule has 24 heavy (non-hydrogen) atoms. The number of benzene rings is 1. The Morgan fingerprint density at radius 2 is 1.83 bits per heavy atom. The fourth-order valence-corrected chi connectivity index (χ4v) is 3.75. The van der Waals surface area contributed by atoms with E-state index in [2.05, 4.69) is 11.4 Å². The Labute approximate surface area is 146 Å². The molecule has 4 nitrogen and oxygen atoms in total. The Morgan fingerprint density at radius 1 is 1.08 bits per heavy atom. The zero-order valence-electron chi connectivity index (χ0n) is 13.6. The summed E-state index contributed by atoms with van der Waals surface area (Å²) in [5.74, 6) is 0.232. The predicted molar refractivity (Wildman–Crippen MR) is 96.5 cm³/mol. The van der Waals surface area contributed by atoms with Crippen LogP contribution in [0.4, 0.5) is 4.79 Å². The van der Waals surface area contributed by atoms with Gasteiger partial charge in [0.05, 0.1) is 0 Å². The zero-order chi connectivity index (χ0) is 16.8. The molecule has 2 amide bonds. The summed E-state index contributed by atoms with van der Waals surface area (Å²) in [6, 6.07) is 13.5. The summed E-state index contributed by atoms with van der Waals surface area (Å²) in [5, 5.41) is 5.02. The Hall–Kier alpha value is -2.14. The van der Waals surface area contributed by atoms with Gasteiger partial charge in [-0.25, -0.2) is 4.79 Å². The number of nitrogens with zero attached hydrogens (tertiary/aromatic N) is 1. The summed E-state index contributed by atoms with van der Waals surface area (Å²) >= 11 is 1.71. The smallest absolute Gasteiger partial charge is 0.317 e. The third kappa shape index (κ3) is 4.23. The van der Waals surface area contributed by atoms with E-state index in [1.54, 1.807) is 11.3 Å². The van der Waals surface area contributed by atoms with Gasteiger partial charge in [-0.05, 0) is 30.7 Å². The first kappa shape index (κ1) is 16.7. The molecule has 0 bridgehead atoms. The highest BCUT2D eigenvalue weighted by Gasteiger charge is 2.27. The van der Waals surface area contributed by atoms with Gasteiger partial charge in [0.25, 0.3) is 0 Å². The van der Waals surface area contributed by atoms with E-state index in [0.29, 0.717) is 19.6 Å². The average molecular weight is 342 g/mol. The number of hydrogen-bond acceptors (Lipinski definition) is 3. The monoisotopic (exact) mass is 342 g/mol. The van der Waals surface area contributed by atoms with Crippen molar-refractivity contribution in [3.05, 3.63) is 58.3 Å². The van der Waals surface area contributed by atoms with Crippen molar-refractivity contribution >= 4 is 23.2 Å². The number of nitrogens with one attached hydrogen (secondary N) is 1. The van der Waals surface area contributed by atoms with Crippen molar-refractivity contribution in [3.8, 4) is 0 Å². The summed E-state index contributed by atoms with van der Waals surface area (Å²) in [6.45, 7) is 1.95. The van der Waals surface area contributed by atoms with E-state index in [1.807, 2.05) is 46.7 Å². The van der Waals surface area contributed by atoms with Crippen molar-refractivity contribution in [3.63, 3.8) is 0 Å². The van der Waals surface area contributed by atoms with Gasteiger partial charge in [0, 0.05) is 36.0 Å². The van der Waals surface area contributed by atoms with Gasteiger partial charge in [-0.15, -0.1) is 11.3 Å². The summed E-state index contributed by atoms with van der Waals surface area (Å²) in [7, 11) is 0. The van der Waals surface area contributed by atoms with Crippen molar-refractivity contribution in [1.82, 2.24) is 10.2 Å². The lowest BCUT2D eigenvalue weighted by Gasteiger charge is -2.31. The molecule has 0 radical (unpaired) electrons. The first-order valence-corrected chi connectivity index (χ1v) is 9.26. The number of piperidine rings is 1. The number of ketones is 1. The van der Waals surface area contributed by atoms with Crippen LogP contribution in [0, 0.1) is 5.92 Å². The molecule has 1 aromatic heterocycles. The third-order valence-corrected chi connectivity index (χ3v) is 5.38. The van der Waals surface area contributed by atoms with Crippen LogP contribution in [0.3, 0.4) is 0 Å². The molecule has 126 valence electrons. The maximum Gasteiger partial charge on any atom is 0.317 e. The van der Waals surface area contributed by atoms with Crippen LogP contribution < -0.4 is 5.32 Å². The van der Waals surface area contributed by atoms with Gasteiger partial charge in [0.1, 0.15) is 0 Å². The minimum Gasteiger partial charge on any atom is -0.338 e. The van der Waals surface area contributed by atoms with Gasteiger partial charge < -0.3 is 10.2 Å². The summed E-state index contributed by atoms with van der Waals surface area (Å²) < 4.78 is 0. The van der Waals surface area contributed by atoms with E-state index >= 15 is 0 Å². The standard InChI is InChI=1S/C19H22N2O2S/c22-18(15-5-2-1-3-6-15)16-9-12-21(13-10-16)19(23)20-11-8-17-7-4-14-24-17/h1-7,14,16H,8-13H2,(H,20,23). The van der Waals surface area contributed by atoms with Gasteiger partial charge >= 0.3 is 6.03 Å². The van der Waals surface area contributed by atoms with Crippen LogP contribution in [0.15, 0.2) is 47.8 Å². The second kappa shape index (κ2) is 8.11. The largest absolute Gasteiger partial charge is 0.338 e. The number of hydrogen-bond donors (Lipinski definition) is 1. The molecular formula is C19H22N2O2S. The van der Waals surface area contributed by atoms with Crippen LogP contribution in [0.5, 0.6) is 0 Å². The molecule has 5 heteroatoms. The van der Waals surface area contributed by atoms with Crippen molar-refractivity contribution < 1.29 is 9.59 Å². The zero-order valence-corrected chi connectivity index (χ0v) is 14.4. The van der Waals surface area contributed by atoms with Crippen molar-refractivity contribution in [2.75, 3.05) is 19.6 Å². The summed E-state index contributed by atoms with van der Waals surface area (Å²) in [6.07, 6.45) is 2.35. The van der Waals surface area contributed by atoms with Gasteiger partial charge in [0.2, 0.25) is 0 Å². The number of urea groups is 1. The Bertz CT molecular complexity index is 662. The van der Waals surface area contributed by atoms with E-state index in [-0.39, 0.29) is 17.7 Å². The van der Waals surface area contributed by atoms with Crippen LogP contribution in [0.1, 0.15) is 28.1 Å².